The molecule has 4 atom stereocenters. The number of methoxy groups -OCH3 is 1. The maximum Gasteiger partial charge on any atom is 0.183 e. The van der Waals surface area contributed by atoms with Crippen LogP contribution < -0.4 is 0 Å². The Labute approximate surface area is 107 Å². The van der Waals surface area contributed by atoms with E-state index in [2.05, 4.69) is 0 Å². The van der Waals surface area contributed by atoms with Crippen LogP contribution in [0.1, 0.15) is 18.9 Å². The van der Waals surface area contributed by atoms with E-state index in [0.717, 1.165) is 5.56 Å². The predicted octanol–water partition coefficient (Wildman–Crippen LogP) is 2.69. The van der Waals surface area contributed by atoms with Gasteiger partial charge in [0.25, 0.3) is 0 Å². The summed E-state index contributed by atoms with van der Waals surface area (Å²) in [6.45, 7) is 1.99. The highest BCUT2D eigenvalue weighted by atomic mass is 19.1. The molecule has 1 fully saturated rings. The molecule has 1 heterocycles. The van der Waals surface area contributed by atoms with Crippen molar-refractivity contribution in [3.05, 3.63) is 35.9 Å². The number of benzene rings is 1. The molecule has 3 nitrogen and oxygen atoms in total. The third-order valence-electron chi connectivity index (χ3n) is 3.13. The van der Waals surface area contributed by atoms with E-state index < -0.39 is 18.6 Å². The molecule has 0 saturated carbocycles. The summed E-state index contributed by atoms with van der Waals surface area (Å²) in [6.07, 6.45) is -1.60. The Bertz CT molecular complexity index is 355. The molecule has 0 spiro atoms. The molecule has 0 unspecified atom stereocenters. The number of halogens is 1. The number of hydrogen-bond donors (Lipinski definition) is 0. The molecule has 18 heavy (non-hydrogen) atoms. The second-order valence-corrected chi connectivity index (χ2v) is 4.53. The normalized spacial score (nSPS) is 29.4. The summed E-state index contributed by atoms with van der Waals surface area (Å²) in [7, 11) is 1.55. The number of ether oxygens (including phenoxy) is 3. The average molecular weight is 254 g/mol. The van der Waals surface area contributed by atoms with Crippen LogP contribution in [-0.2, 0) is 20.8 Å². The van der Waals surface area contributed by atoms with Gasteiger partial charge in [-0.25, -0.2) is 4.39 Å². The molecule has 1 aromatic carbocycles. The molecule has 1 aromatic rings. The van der Waals surface area contributed by atoms with Gasteiger partial charge in [-0.3, -0.25) is 0 Å². The maximum atomic E-state index is 13.2. The first kappa shape index (κ1) is 13.5. The minimum Gasteiger partial charge on any atom is -0.368 e. The van der Waals surface area contributed by atoms with Gasteiger partial charge < -0.3 is 14.2 Å². The van der Waals surface area contributed by atoms with Crippen molar-refractivity contribution in [3.8, 4) is 0 Å². The van der Waals surface area contributed by atoms with E-state index in [1.807, 2.05) is 30.3 Å². The van der Waals surface area contributed by atoms with Crippen molar-refractivity contribution < 1.29 is 18.6 Å². The van der Waals surface area contributed by atoms with Crippen molar-refractivity contribution in [2.45, 2.75) is 44.6 Å². The molecule has 100 valence electrons. The van der Waals surface area contributed by atoms with E-state index in [1.54, 1.807) is 7.11 Å². The molecule has 0 radical (unpaired) electrons. The van der Waals surface area contributed by atoms with Crippen molar-refractivity contribution in [3.63, 3.8) is 0 Å². The lowest BCUT2D eigenvalue weighted by atomic mass is 10.1. The van der Waals surface area contributed by atoms with Gasteiger partial charge in [-0.2, -0.15) is 0 Å². The summed E-state index contributed by atoms with van der Waals surface area (Å²) in [6, 6.07) is 9.87. The zero-order valence-electron chi connectivity index (χ0n) is 10.7. The van der Waals surface area contributed by atoms with Crippen LogP contribution in [0.3, 0.4) is 0 Å². The van der Waals surface area contributed by atoms with Gasteiger partial charge in [-0.1, -0.05) is 30.3 Å². The minimum atomic E-state index is -1.01. The third-order valence-corrected chi connectivity index (χ3v) is 3.13. The monoisotopic (exact) mass is 254 g/mol. The van der Waals surface area contributed by atoms with Gasteiger partial charge in [-0.15, -0.1) is 0 Å². The first-order valence-electron chi connectivity index (χ1n) is 6.18. The van der Waals surface area contributed by atoms with Crippen molar-refractivity contribution >= 4 is 0 Å². The molecule has 4 heteroatoms. The lowest BCUT2D eigenvalue weighted by Crippen LogP contribution is -2.26. The Kier molecular flexibility index (Phi) is 4.69. The van der Waals surface area contributed by atoms with Gasteiger partial charge >= 0.3 is 0 Å². The average Bonchev–Trinajstić information content (AvgIpc) is 2.81. The fourth-order valence-corrected chi connectivity index (χ4v) is 2.08. The van der Waals surface area contributed by atoms with Crippen LogP contribution in [0.25, 0.3) is 0 Å². The number of rotatable bonds is 5. The lowest BCUT2D eigenvalue weighted by molar-refractivity contribution is -0.169. The molecule has 0 amide bonds. The summed E-state index contributed by atoms with van der Waals surface area (Å²) >= 11 is 0. The molecule has 0 aliphatic carbocycles. The summed E-state index contributed by atoms with van der Waals surface area (Å²) in [4.78, 5) is 0. The van der Waals surface area contributed by atoms with Crippen LogP contribution >= 0.6 is 0 Å². The standard InChI is InChI=1S/C14H19FO3/c1-10(15)12-8-13(14(16-2)18-12)17-9-11-6-4-3-5-7-11/h3-7,10,12-14H,8-9H2,1-2H3/t10-,12+,13+,14-/m0/s1. The van der Waals surface area contributed by atoms with Gasteiger partial charge in [-0.05, 0) is 12.5 Å². The highest BCUT2D eigenvalue weighted by Gasteiger charge is 2.38. The summed E-state index contributed by atoms with van der Waals surface area (Å²) < 4.78 is 29.6. The molecule has 0 N–H and O–H groups in total. The molecule has 2 rings (SSSR count). The van der Waals surface area contributed by atoms with Crippen LogP contribution in [0.2, 0.25) is 0 Å². The summed E-state index contributed by atoms with van der Waals surface area (Å²) in [5.41, 5.74) is 1.09. The van der Waals surface area contributed by atoms with E-state index in [-0.39, 0.29) is 6.10 Å². The molecule has 1 saturated heterocycles. The topological polar surface area (TPSA) is 27.7 Å². The second kappa shape index (κ2) is 6.27. The Balaban J connectivity index is 1.88. The van der Waals surface area contributed by atoms with E-state index in [0.29, 0.717) is 13.0 Å². The minimum absolute atomic E-state index is 0.210. The van der Waals surface area contributed by atoms with Crippen LogP contribution in [0, 0.1) is 0 Å². The Hall–Kier alpha value is -0.970. The summed E-state index contributed by atoms with van der Waals surface area (Å²) in [5, 5.41) is 0. The van der Waals surface area contributed by atoms with E-state index in [1.165, 1.54) is 6.92 Å². The van der Waals surface area contributed by atoms with Gasteiger partial charge in [0.05, 0.1) is 12.7 Å². The zero-order valence-corrected chi connectivity index (χ0v) is 10.7. The third kappa shape index (κ3) is 3.28. The molecule has 1 aliphatic rings. The Morgan fingerprint density at radius 1 is 1.39 bits per heavy atom. The Morgan fingerprint density at radius 2 is 2.11 bits per heavy atom. The van der Waals surface area contributed by atoms with E-state index >= 15 is 0 Å². The highest BCUT2D eigenvalue weighted by Crippen LogP contribution is 2.27. The van der Waals surface area contributed by atoms with Crippen LogP contribution in [0.15, 0.2) is 30.3 Å². The van der Waals surface area contributed by atoms with Crippen molar-refractivity contribution in [1.82, 2.24) is 0 Å². The fraction of sp³-hybridized carbons (Fsp3) is 0.571. The van der Waals surface area contributed by atoms with Gasteiger partial charge in [0.1, 0.15) is 12.3 Å². The van der Waals surface area contributed by atoms with Crippen molar-refractivity contribution in [2.75, 3.05) is 7.11 Å². The maximum absolute atomic E-state index is 13.2. The van der Waals surface area contributed by atoms with Gasteiger partial charge in [0.2, 0.25) is 0 Å². The Morgan fingerprint density at radius 3 is 2.72 bits per heavy atom. The zero-order chi connectivity index (χ0) is 13.0. The second-order valence-electron chi connectivity index (χ2n) is 4.53. The molecular weight excluding hydrogens is 235 g/mol. The predicted molar refractivity (Wildman–Crippen MR) is 65.9 cm³/mol. The molecule has 1 aliphatic heterocycles. The quantitative estimate of drug-likeness (QED) is 0.808. The van der Waals surface area contributed by atoms with Crippen LogP contribution in [0.5, 0.6) is 0 Å². The van der Waals surface area contributed by atoms with Crippen LogP contribution in [-0.4, -0.2) is 31.8 Å². The van der Waals surface area contributed by atoms with E-state index in [4.69, 9.17) is 14.2 Å². The lowest BCUT2D eigenvalue weighted by Gasteiger charge is -2.17. The fourth-order valence-electron chi connectivity index (χ4n) is 2.08. The van der Waals surface area contributed by atoms with Crippen molar-refractivity contribution in [1.29, 1.82) is 0 Å². The largest absolute Gasteiger partial charge is 0.368 e. The van der Waals surface area contributed by atoms with E-state index in [9.17, 15) is 4.39 Å². The first-order valence-corrected chi connectivity index (χ1v) is 6.18. The first-order chi connectivity index (χ1) is 8.70. The summed E-state index contributed by atoms with van der Waals surface area (Å²) in [5.74, 6) is 0. The van der Waals surface area contributed by atoms with Crippen molar-refractivity contribution in [2.24, 2.45) is 0 Å². The molecule has 0 aromatic heterocycles. The molecule has 0 bridgehead atoms. The molecular formula is C14H19FO3. The number of hydrogen-bond acceptors (Lipinski definition) is 3. The smallest absolute Gasteiger partial charge is 0.183 e. The van der Waals surface area contributed by atoms with Gasteiger partial charge in [0, 0.05) is 13.5 Å². The SMILES string of the molecule is CO[C@H]1O[C@@H]([C@H](C)F)C[C@H]1OCc1ccccc1. The van der Waals surface area contributed by atoms with Gasteiger partial charge in [0.15, 0.2) is 6.29 Å². The highest BCUT2D eigenvalue weighted by molar-refractivity contribution is 5.13. The number of alkyl halides is 1. The van der Waals surface area contributed by atoms with Crippen LogP contribution in [0.4, 0.5) is 4.39 Å².